The minimum absolute atomic E-state index is 0.0543. The van der Waals surface area contributed by atoms with Crippen molar-refractivity contribution in [3.8, 4) is 6.07 Å². The Bertz CT molecular complexity index is 549. The van der Waals surface area contributed by atoms with Crippen LogP contribution in [0.4, 0.5) is 4.39 Å². The van der Waals surface area contributed by atoms with Crippen molar-refractivity contribution >= 4 is 5.91 Å². The zero-order chi connectivity index (χ0) is 14.7. The molecular weight excluding hydrogens is 257 g/mol. The normalized spacial score (nSPS) is 17.4. The molecule has 1 unspecified atom stereocenters. The van der Waals surface area contributed by atoms with Gasteiger partial charge in [0.25, 0.3) is 5.91 Å². The maximum absolute atomic E-state index is 13.8. The quantitative estimate of drug-likeness (QED) is 0.827. The highest BCUT2D eigenvalue weighted by Crippen LogP contribution is 2.34. The first kappa shape index (κ1) is 14.5. The summed E-state index contributed by atoms with van der Waals surface area (Å²) in [7, 11) is 0. The molecule has 1 amide bonds. The molecule has 5 heteroatoms. The maximum Gasteiger partial charge on any atom is 0.258 e. The van der Waals surface area contributed by atoms with E-state index < -0.39 is 11.9 Å². The van der Waals surface area contributed by atoms with Crippen LogP contribution in [-0.4, -0.2) is 41.9 Å². The Morgan fingerprint density at radius 1 is 1.40 bits per heavy atom. The van der Waals surface area contributed by atoms with Crippen LogP contribution in [-0.2, 0) is 0 Å². The van der Waals surface area contributed by atoms with Gasteiger partial charge in [0.2, 0.25) is 0 Å². The molecule has 1 aromatic carbocycles. The molecule has 0 fully saturated rings. The summed E-state index contributed by atoms with van der Waals surface area (Å²) < 4.78 is 13.8. The summed E-state index contributed by atoms with van der Waals surface area (Å²) in [5.74, 6) is -0.921. The molecule has 1 aliphatic rings. The summed E-state index contributed by atoms with van der Waals surface area (Å²) in [4.78, 5) is 15.9. The molecule has 106 valence electrons. The molecule has 0 saturated heterocycles. The Morgan fingerprint density at radius 3 is 2.70 bits per heavy atom. The number of carbonyl (C=O) groups excluding carboxylic acids is 1. The van der Waals surface area contributed by atoms with E-state index in [4.69, 9.17) is 0 Å². The molecule has 0 aliphatic carbocycles. The van der Waals surface area contributed by atoms with Crippen molar-refractivity contribution in [3.63, 3.8) is 0 Å². The lowest BCUT2D eigenvalue weighted by Crippen LogP contribution is -2.37. The van der Waals surface area contributed by atoms with Gasteiger partial charge in [0, 0.05) is 18.7 Å². The van der Waals surface area contributed by atoms with Gasteiger partial charge in [0.05, 0.1) is 11.6 Å². The molecule has 0 N–H and O–H groups in total. The van der Waals surface area contributed by atoms with E-state index in [1.165, 1.54) is 11.0 Å². The van der Waals surface area contributed by atoms with Crippen LogP contribution in [0.1, 0.15) is 35.8 Å². The van der Waals surface area contributed by atoms with Gasteiger partial charge in [-0.25, -0.2) is 4.39 Å². The first-order chi connectivity index (χ1) is 9.63. The van der Waals surface area contributed by atoms with Gasteiger partial charge in [0.15, 0.2) is 0 Å². The fraction of sp³-hybridized carbons (Fsp3) is 0.467. The van der Waals surface area contributed by atoms with Gasteiger partial charge in [-0.2, -0.15) is 5.26 Å². The predicted molar refractivity (Wildman–Crippen MR) is 73.6 cm³/mol. The number of hydrogen-bond donors (Lipinski definition) is 0. The van der Waals surface area contributed by atoms with E-state index in [0.717, 1.165) is 13.1 Å². The van der Waals surface area contributed by atoms with E-state index in [0.29, 0.717) is 18.7 Å². The zero-order valence-electron chi connectivity index (χ0n) is 11.8. The van der Waals surface area contributed by atoms with Gasteiger partial charge >= 0.3 is 0 Å². The van der Waals surface area contributed by atoms with Crippen molar-refractivity contribution < 1.29 is 9.18 Å². The Hall–Kier alpha value is -1.93. The summed E-state index contributed by atoms with van der Waals surface area (Å²) >= 11 is 0. The van der Waals surface area contributed by atoms with Crippen molar-refractivity contribution in [1.29, 1.82) is 5.26 Å². The number of hydrogen-bond acceptors (Lipinski definition) is 3. The van der Waals surface area contributed by atoms with E-state index in [-0.39, 0.29) is 11.5 Å². The fourth-order valence-electron chi connectivity index (χ4n) is 2.58. The topological polar surface area (TPSA) is 47.3 Å². The van der Waals surface area contributed by atoms with Crippen LogP contribution >= 0.6 is 0 Å². The molecule has 1 aliphatic heterocycles. The number of carbonyl (C=O) groups is 1. The number of halogens is 1. The summed E-state index contributed by atoms with van der Waals surface area (Å²) in [5.41, 5.74) is 0.538. The standard InChI is InChI=1S/C15H18FN3O/c1-3-18(4-2)8-9-19-13(10-17)11-6-5-7-12(16)14(11)15(19)20/h5-7,13H,3-4,8-9H2,1-2H3. The lowest BCUT2D eigenvalue weighted by atomic mass is 10.1. The van der Waals surface area contributed by atoms with Crippen molar-refractivity contribution in [2.45, 2.75) is 19.9 Å². The van der Waals surface area contributed by atoms with E-state index in [1.54, 1.807) is 12.1 Å². The van der Waals surface area contributed by atoms with Crippen molar-refractivity contribution in [1.82, 2.24) is 9.80 Å². The van der Waals surface area contributed by atoms with Gasteiger partial charge < -0.3 is 9.80 Å². The second-order valence-corrected chi connectivity index (χ2v) is 4.76. The molecule has 1 aromatic rings. The third-order valence-electron chi connectivity index (χ3n) is 3.80. The number of benzene rings is 1. The summed E-state index contributed by atoms with van der Waals surface area (Å²) in [5, 5.41) is 9.29. The third kappa shape index (κ3) is 2.39. The molecule has 0 aromatic heterocycles. The van der Waals surface area contributed by atoms with Crippen molar-refractivity contribution in [3.05, 3.63) is 35.1 Å². The fourth-order valence-corrected chi connectivity index (χ4v) is 2.58. The van der Waals surface area contributed by atoms with E-state index >= 15 is 0 Å². The number of fused-ring (bicyclic) bond motifs is 1. The highest BCUT2D eigenvalue weighted by Gasteiger charge is 2.38. The zero-order valence-corrected chi connectivity index (χ0v) is 11.8. The van der Waals surface area contributed by atoms with E-state index in [9.17, 15) is 14.4 Å². The predicted octanol–water partition coefficient (Wildman–Crippen LogP) is 2.19. The molecule has 4 nitrogen and oxygen atoms in total. The number of nitriles is 1. The minimum Gasteiger partial charge on any atom is -0.317 e. The largest absolute Gasteiger partial charge is 0.317 e. The Kier molecular flexibility index (Phi) is 4.35. The number of rotatable bonds is 5. The van der Waals surface area contributed by atoms with Crippen LogP contribution in [0.5, 0.6) is 0 Å². The lowest BCUT2D eigenvalue weighted by molar-refractivity contribution is 0.0735. The molecule has 1 heterocycles. The average Bonchev–Trinajstić information content (AvgIpc) is 2.73. The average molecular weight is 275 g/mol. The second kappa shape index (κ2) is 6.02. The number of likely N-dealkylation sites (N-methyl/N-ethyl adjacent to an activating group) is 1. The van der Waals surface area contributed by atoms with E-state index in [1.807, 2.05) is 13.8 Å². The maximum atomic E-state index is 13.8. The highest BCUT2D eigenvalue weighted by atomic mass is 19.1. The molecule has 20 heavy (non-hydrogen) atoms. The van der Waals surface area contributed by atoms with Gasteiger partial charge in [-0.05, 0) is 19.2 Å². The van der Waals surface area contributed by atoms with Crippen LogP contribution < -0.4 is 0 Å². The third-order valence-corrected chi connectivity index (χ3v) is 3.80. The molecule has 0 radical (unpaired) electrons. The Labute approximate surface area is 118 Å². The van der Waals surface area contributed by atoms with Gasteiger partial charge in [-0.3, -0.25) is 4.79 Å². The second-order valence-electron chi connectivity index (χ2n) is 4.76. The smallest absolute Gasteiger partial charge is 0.258 e. The Balaban J connectivity index is 2.23. The van der Waals surface area contributed by atoms with Crippen LogP contribution in [0.2, 0.25) is 0 Å². The molecule has 1 atom stereocenters. The Morgan fingerprint density at radius 2 is 2.10 bits per heavy atom. The van der Waals surface area contributed by atoms with E-state index in [2.05, 4.69) is 11.0 Å². The SMILES string of the molecule is CCN(CC)CCN1C(=O)c2c(F)cccc2C1C#N. The van der Waals surface area contributed by atoms with Crippen LogP contribution in [0.15, 0.2) is 18.2 Å². The molecule has 0 saturated carbocycles. The van der Waals surface area contributed by atoms with Crippen LogP contribution in [0, 0.1) is 17.1 Å². The first-order valence-corrected chi connectivity index (χ1v) is 6.85. The van der Waals surface area contributed by atoms with Gasteiger partial charge in [-0.1, -0.05) is 26.0 Å². The van der Waals surface area contributed by atoms with Gasteiger partial charge in [-0.15, -0.1) is 0 Å². The molecular formula is C15H18FN3O. The first-order valence-electron chi connectivity index (χ1n) is 6.85. The highest BCUT2D eigenvalue weighted by molar-refractivity contribution is 5.99. The van der Waals surface area contributed by atoms with Gasteiger partial charge in [0.1, 0.15) is 11.9 Å². The molecule has 0 bridgehead atoms. The van der Waals surface area contributed by atoms with Crippen LogP contribution in [0.25, 0.3) is 0 Å². The number of amides is 1. The minimum atomic E-state index is -0.677. The summed E-state index contributed by atoms with van der Waals surface area (Å²) in [6.07, 6.45) is 0. The molecule has 2 rings (SSSR count). The monoisotopic (exact) mass is 275 g/mol. The van der Waals surface area contributed by atoms with Crippen molar-refractivity contribution in [2.75, 3.05) is 26.2 Å². The lowest BCUT2D eigenvalue weighted by Gasteiger charge is -2.24. The summed E-state index contributed by atoms with van der Waals surface area (Å²) in [6.45, 7) is 6.99. The number of nitrogens with zero attached hydrogens (tertiary/aromatic N) is 3. The molecule has 0 spiro atoms. The van der Waals surface area contributed by atoms with Crippen molar-refractivity contribution in [2.24, 2.45) is 0 Å². The summed E-state index contributed by atoms with van der Waals surface area (Å²) in [6, 6.07) is 5.89. The van der Waals surface area contributed by atoms with Crippen LogP contribution in [0.3, 0.4) is 0 Å².